The maximum Gasteiger partial charge on any atom is 0.0389 e. The van der Waals surface area contributed by atoms with Crippen LogP contribution in [-0.2, 0) is 0 Å². The zero-order chi connectivity index (χ0) is 14.5. The molecule has 1 nitrogen and oxygen atoms in total. The van der Waals surface area contributed by atoms with Crippen LogP contribution in [0.2, 0.25) is 0 Å². The molecule has 1 unspecified atom stereocenters. The molecular weight excluding hydrogens is 254 g/mol. The molecule has 0 spiro atoms. The van der Waals surface area contributed by atoms with E-state index in [-0.39, 0.29) is 0 Å². The van der Waals surface area contributed by atoms with Crippen molar-refractivity contribution in [3.8, 4) is 0 Å². The standard InChI is InChI=1S/C20H21N/c1-2-3-14-21-15-17-9-5-7-11-19(17)20-13-12-16-8-4-6-10-18(16)20/h4-13,15,20H,2-3,14H2,1H3. The van der Waals surface area contributed by atoms with E-state index in [1.54, 1.807) is 0 Å². The summed E-state index contributed by atoms with van der Waals surface area (Å²) < 4.78 is 0. The Morgan fingerprint density at radius 2 is 1.76 bits per heavy atom. The van der Waals surface area contributed by atoms with E-state index in [1.165, 1.54) is 28.7 Å². The molecule has 0 fully saturated rings. The van der Waals surface area contributed by atoms with E-state index in [1.807, 2.05) is 6.21 Å². The SMILES string of the molecule is CCCCN=Cc1ccccc1C1C=Cc2ccccc21. The van der Waals surface area contributed by atoms with Crippen LogP contribution in [0.3, 0.4) is 0 Å². The highest BCUT2D eigenvalue weighted by atomic mass is 14.7. The van der Waals surface area contributed by atoms with Crippen LogP contribution < -0.4 is 0 Å². The summed E-state index contributed by atoms with van der Waals surface area (Å²) in [6.07, 6.45) is 8.91. The molecule has 0 bridgehead atoms. The molecule has 1 atom stereocenters. The zero-order valence-corrected chi connectivity index (χ0v) is 12.5. The van der Waals surface area contributed by atoms with Crippen molar-refractivity contribution in [2.24, 2.45) is 4.99 Å². The lowest BCUT2D eigenvalue weighted by molar-refractivity contribution is 0.810. The molecule has 1 aliphatic carbocycles. The molecule has 21 heavy (non-hydrogen) atoms. The lowest BCUT2D eigenvalue weighted by atomic mass is 9.90. The molecule has 106 valence electrons. The first-order chi connectivity index (χ1) is 10.4. The normalized spacial score (nSPS) is 16.5. The number of aliphatic imine (C=N–C) groups is 1. The van der Waals surface area contributed by atoms with Crippen LogP contribution in [0.4, 0.5) is 0 Å². The fraction of sp³-hybridized carbons (Fsp3) is 0.250. The van der Waals surface area contributed by atoms with Crippen LogP contribution in [0.1, 0.15) is 47.9 Å². The van der Waals surface area contributed by atoms with Crippen LogP contribution in [0.15, 0.2) is 59.6 Å². The van der Waals surface area contributed by atoms with E-state index >= 15 is 0 Å². The number of nitrogens with zero attached hydrogens (tertiary/aromatic N) is 1. The van der Waals surface area contributed by atoms with Crippen molar-refractivity contribution in [3.05, 3.63) is 76.9 Å². The summed E-state index contributed by atoms with van der Waals surface area (Å²) in [5.74, 6) is 0.357. The summed E-state index contributed by atoms with van der Waals surface area (Å²) in [4.78, 5) is 4.57. The largest absolute Gasteiger partial charge is 0.293 e. The van der Waals surface area contributed by atoms with Gasteiger partial charge in [-0.15, -0.1) is 0 Å². The number of hydrogen-bond donors (Lipinski definition) is 0. The Balaban J connectivity index is 1.90. The highest BCUT2D eigenvalue weighted by molar-refractivity contribution is 5.83. The molecule has 0 saturated heterocycles. The lowest BCUT2D eigenvalue weighted by Gasteiger charge is -2.14. The van der Waals surface area contributed by atoms with Crippen molar-refractivity contribution < 1.29 is 0 Å². The summed E-state index contributed by atoms with van der Waals surface area (Å²) in [6.45, 7) is 3.12. The number of allylic oxidation sites excluding steroid dienone is 1. The van der Waals surface area contributed by atoms with Crippen molar-refractivity contribution in [2.75, 3.05) is 6.54 Å². The van der Waals surface area contributed by atoms with E-state index in [0.717, 1.165) is 13.0 Å². The number of fused-ring (bicyclic) bond motifs is 1. The number of rotatable bonds is 5. The Labute approximate surface area is 127 Å². The van der Waals surface area contributed by atoms with Crippen molar-refractivity contribution in [2.45, 2.75) is 25.7 Å². The third-order valence-electron chi connectivity index (χ3n) is 4.00. The third-order valence-corrected chi connectivity index (χ3v) is 4.00. The van der Waals surface area contributed by atoms with Gasteiger partial charge in [-0.05, 0) is 28.7 Å². The van der Waals surface area contributed by atoms with E-state index in [2.05, 4.69) is 72.6 Å². The van der Waals surface area contributed by atoms with E-state index in [9.17, 15) is 0 Å². The van der Waals surface area contributed by atoms with Crippen LogP contribution in [0.25, 0.3) is 6.08 Å². The minimum Gasteiger partial charge on any atom is -0.293 e. The number of unbranched alkanes of at least 4 members (excludes halogenated alkanes) is 1. The Morgan fingerprint density at radius 1 is 1.00 bits per heavy atom. The molecule has 3 rings (SSSR count). The van der Waals surface area contributed by atoms with Crippen molar-refractivity contribution in [1.82, 2.24) is 0 Å². The zero-order valence-electron chi connectivity index (χ0n) is 12.5. The summed E-state index contributed by atoms with van der Waals surface area (Å²) >= 11 is 0. The van der Waals surface area contributed by atoms with Crippen LogP contribution in [0.5, 0.6) is 0 Å². The average Bonchev–Trinajstić information content (AvgIpc) is 2.96. The highest BCUT2D eigenvalue weighted by Gasteiger charge is 2.20. The van der Waals surface area contributed by atoms with Gasteiger partial charge in [-0.1, -0.05) is 74.0 Å². The summed E-state index contributed by atoms with van der Waals surface area (Å²) in [6, 6.07) is 17.2. The molecule has 0 radical (unpaired) electrons. The second-order valence-electron chi connectivity index (χ2n) is 5.48. The van der Waals surface area contributed by atoms with Crippen LogP contribution in [0, 0.1) is 0 Å². The van der Waals surface area contributed by atoms with Gasteiger partial charge in [-0.2, -0.15) is 0 Å². The highest BCUT2D eigenvalue weighted by Crippen LogP contribution is 2.36. The predicted octanol–water partition coefficient (Wildman–Crippen LogP) is 5.06. The molecule has 0 amide bonds. The Hall–Kier alpha value is -2.15. The molecule has 1 heteroatoms. The fourth-order valence-electron chi connectivity index (χ4n) is 2.84. The molecule has 2 aromatic rings. The molecule has 0 N–H and O–H groups in total. The van der Waals surface area contributed by atoms with Gasteiger partial charge in [-0.3, -0.25) is 4.99 Å². The Bertz CT molecular complexity index is 667. The quantitative estimate of drug-likeness (QED) is 0.534. The van der Waals surface area contributed by atoms with Crippen molar-refractivity contribution >= 4 is 12.3 Å². The van der Waals surface area contributed by atoms with Crippen LogP contribution in [-0.4, -0.2) is 12.8 Å². The van der Waals surface area contributed by atoms with Gasteiger partial charge >= 0.3 is 0 Å². The second kappa shape index (κ2) is 6.53. The van der Waals surface area contributed by atoms with E-state index in [0.29, 0.717) is 5.92 Å². The number of benzene rings is 2. The summed E-state index contributed by atoms with van der Waals surface area (Å²) in [7, 11) is 0. The summed E-state index contributed by atoms with van der Waals surface area (Å²) in [5, 5.41) is 0. The average molecular weight is 275 g/mol. The summed E-state index contributed by atoms with van der Waals surface area (Å²) in [5.41, 5.74) is 5.31. The Morgan fingerprint density at radius 3 is 2.62 bits per heavy atom. The maximum atomic E-state index is 4.57. The fourth-order valence-corrected chi connectivity index (χ4v) is 2.84. The van der Waals surface area contributed by atoms with E-state index < -0.39 is 0 Å². The lowest BCUT2D eigenvalue weighted by Crippen LogP contribution is -2.00. The van der Waals surface area contributed by atoms with Crippen molar-refractivity contribution in [3.63, 3.8) is 0 Å². The molecule has 1 aliphatic rings. The molecule has 0 heterocycles. The first-order valence-electron chi connectivity index (χ1n) is 7.76. The van der Waals surface area contributed by atoms with Gasteiger partial charge in [0, 0.05) is 18.7 Å². The first kappa shape index (κ1) is 13.8. The smallest absolute Gasteiger partial charge is 0.0389 e. The predicted molar refractivity (Wildman–Crippen MR) is 91.1 cm³/mol. The second-order valence-corrected chi connectivity index (χ2v) is 5.48. The van der Waals surface area contributed by atoms with Gasteiger partial charge in [0.25, 0.3) is 0 Å². The van der Waals surface area contributed by atoms with E-state index in [4.69, 9.17) is 0 Å². The van der Waals surface area contributed by atoms with Gasteiger partial charge in [0.1, 0.15) is 0 Å². The molecular formula is C20H21N. The van der Waals surface area contributed by atoms with Gasteiger partial charge in [0.2, 0.25) is 0 Å². The molecule has 2 aromatic carbocycles. The van der Waals surface area contributed by atoms with Crippen LogP contribution >= 0.6 is 0 Å². The number of hydrogen-bond acceptors (Lipinski definition) is 1. The molecule has 0 aliphatic heterocycles. The van der Waals surface area contributed by atoms with Crippen molar-refractivity contribution in [1.29, 1.82) is 0 Å². The molecule has 0 aromatic heterocycles. The minimum atomic E-state index is 0.357. The monoisotopic (exact) mass is 275 g/mol. The topological polar surface area (TPSA) is 12.4 Å². The van der Waals surface area contributed by atoms with Gasteiger partial charge < -0.3 is 0 Å². The first-order valence-corrected chi connectivity index (χ1v) is 7.76. The Kier molecular flexibility index (Phi) is 4.30. The minimum absolute atomic E-state index is 0.357. The van der Waals surface area contributed by atoms with Gasteiger partial charge in [0.15, 0.2) is 0 Å². The maximum absolute atomic E-state index is 4.57. The van der Waals surface area contributed by atoms with Gasteiger partial charge in [-0.25, -0.2) is 0 Å². The van der Waals surface area contributed by atoms with Gasteiger partial charge in [0.05, 0.1) is 0 Å². The third kappa shape index (κ3) is 2.97. The molecule has 0 saturated carbocycles.